The van der Waals surface area contributed by atoms with E-state index in [0.717, 1.165) is 0 Å². The van der Waals surface area contributed by atoms with Gasteiger partial charge in [0.1, 0.15) is 0 Å². The van der Waals surface area contributed by atoms with Gasteiger partial charge in [-0.2, -0.15) is 0 Å². The van der Waals surface area contributed by atoms with Crippen LogP contribution >= 0.6 is 0 Å². The van der Waals surface area contributed by atoms with Crippen molar-refractivity contribution in [2.45, 2.75) is 0 Å². The molecule has 1 heteroatoms. The van der Waals surface area contributed by atoms with Gasteiger partial charge in [0.05, 0.1) is 0 Å². The van der Waals surface area contributed by atoms with Crippen LogP contribution in [-0.4, -0.2) is 0 Å². The molecular formula is C6H10Ti. The molecular weight excluding hydrogens is 120 g/mol. The molecule has 0 saturated heterocycles. The van der Waals surface area contributed by atoms with E-state index in [9.17, 15) is 0 Å². The summed E-state index contributed by atoms with van der Waals surface area (Å²) in [5.74, 6) is 0. The molecule has 7 heavy (non-hydrogen) atoms. The molecule has 0 aromatic rings. The van der Waals surface area contributed by atoms with E-state index in [0.29, 0.717) is 0 Å². The largest absolute Gasteiger partial charge is 2.00 e. The van der Waals surface area contributed by atoms with Gasteiger partial charge in [0.25, 0.3) is 0 Å². The minimum Gasteiger partial charge on any atom is -0.245 e. The predicted molar refractivity (Wildman–Crippen MR) is 31.1 cm³/mol. The second-order valence-electron chi connectivity index (χ2n) is 0.577. The molecule has 0 aromatic carbocycles. The number of allylic oxidation sites excluding steroid dienone is 2. The Balaban J connectivity index is -0.0000000400. The zero-order valence-corrected chi connectivity index (χ0v) is 6.04. The molecule has 0 bridgehead atoms. The fourth-order valence-electron chi connectivity index (χ4n) is 0. The van der Waals surface area contributed by atoms with Crippen LogP contribution in [0.1, 0.15) is 0 Å². The minimum absolute atomic E-state index is 0. The fourth-order valence-corrected chi connectivity index (χ4v) is 0. The van der Waals surface area contributed by atoms with E-state index in [4.69, 9.17) is 0 Å². The van der Waals surface area contributed by atoms with Crippen molar-refractivity contribution in [2.24, 2.45) is 0 Å². The van der Waals surface area contributed by atoms with Crippen LogP contribution < -0.4 is 0 Å². The van der Waals surface area contributed by atoms with Gasteiger partial charge in [-0.25, -0.2) is 39.2 Å². The third-order valence-corrected chi connectivity index (χ3v) is 0. The molecule has 0 rings (SSSR count). The average molecular weight is 130 g/mol. The molecule has 0 aliphatic heterocycles. The van der Waals surface area contributed by atoms with E-state index in [1.807, 2.05) is 0 Å². The summed E-state index contributed by atoms with van der Waals surface area (Å²) in [7, 11) is 0. The van der Waals surface area contributed by atoms with Gasteiger partial charge in [0.15, 0.2) is 0 Å². The molecule has 0 amide bonds. The van der Waals surface area contributed by atoms with Crippen molar-refractivity contribution >= 4 is 0 Å². The molecule has 0 spiro atoms. The Morgan fingerprint density at radius 2 is 1.00 bits per heavy atom. The van der Waals surface area contributed by atoms with Gasteiger partial charge in [-0.3, -0.25) is 0 Å². The van der Waals surface area contributed by atoms with Crippen molar-refractivity contribution in [3.63, 3.8) is 0 Å². The Hall–Kier alpha value is -0.0657. The van der Waals surface area contributed by atoms with E-state index in [1.165, 1.54) is 12.2 Å². The molecule has 0 N–H and O–H groups in total. The Morgan fingerprint density at radius 3 is 1.00 bits per heavy atom. The van der Waals surface area contributed by atoms with Gasteiger partial charge >= 0.3 is 21.7 Å². The van der Waals surface area contributed by atoms with Crippen LogP contribution in [0.25, 0.3) is 0 Å². The second kappa shape index (κ2) is 38.6. The summed E-state index contributed by atoms with van der Waals surface area (Å²) < 4.78 is 0. The fraction of sp³-hybridized carbons (Fsp3) is 0. The predicted octanol–water partition coefficient (Wildman–Crippen LogP) is 2.01. The summed E-state index contributed by atoms with van der Waals surface area (Å²) in [4.78, 5) is 0. The molecule has 0 aliphatic carbocycles. The van der Waals surface area contributed by atoms with E-state index < -0.39 is 0 Å². The summed E-state index contributed by atoms with van der Waals surface area (Å²) >= 11 is 0. The summed E-state index contributed by atoms with van der Waals surface area (Å²) in [5.41, 5.74) is 0. The molecule has 0 nitrogen and oxygen atoms in total. The first-order valence-electron chi connectivity index (χ1n) is 1.63. The van der Waals surface area contributed by atoms with Crippen molar-refractivity contribution in [3.05, 3.63) is 39.2 Å². The van der Waals surface area contributed by atoms with Crippen LogP contribution in [-0.2, 0) is 21.7 Å². The Bertz CT molecular complexity index is 25.2. The normalized spacial score (nSPS) is 3.43. The zero-order chi connectivity index (χ0) is 5.41. The molecule has 0 heterocycles. The number of hydrogen-bond acceptors (Lipinski definition) is 0. The van der Waals surface area contributed by atoms with Crippen LogP contribution in [0.5, 0.6) is 0 Å². The van der Waals surface area contributed by atoms with Crippen LogP contribution in [0.15, 0.2) is 25.3 Å². The Labute approximate surface area is 61.2 Å². The van der Waals surface area contributed by atoms with E-state index in [1.54, 1.807) is 0 Å². The minimum atomic E-state index is 0. The Morgan fingerprint density at radius 1 is 1.00 bits per heavy atom. The first-order valence-corrected chi connectivity index (χ1v) is 1.63. The van der Waals surface area contributed by atoms with Gasteiger partial charge in [-0.1, -0.05) is 0 Å². The van der Waals surface area contributed by atoms with E-state index in [-0.39, 0.29) is 21.7 Å². The SMILES string of the molecule is C=C[CH2-].C=C[CH2-].[Ti+2]. The first kappa shape index (κ1) is 15.8. The Kier molecular flexibility index (Phi) is 87.0. The smallest absolute Gasteiger partial charge is 0.245 e. The van der Waals surface area contributed by atoms with Gasteiger partial charge in [-0.05, 0) is 0 Å². The molecule has 0 radical (unpaired) electrons. The van der Waals surface area contributed by atoms with Crippen molar-refractivity contribution < 1.29 is 21.7 Å². The molecule has 38 valence electrons. The quantitative estimate of drug-likeness (QED) is 0.347. The van der Waals surface area contributed by atoms with Gasteiger partial charge in [0, 0.05) is 0 Å². The second-order valence-corrected chi connectivity index (χ2v) is 0.577. The van der Waals surface area contributed by atoms with Crippen LogP contribution in [0.2, 0.25) is 0 Å². The summed E-state index contributed by atoms with van der Waals surface area (Å²) in [6.07, 6.45) is 3.00. The maximum Gasteiger partial charge on any atom is 2.00 e. The maximum absolute atomic E-state index is 3.25. The van der Waals surface area contributed by atoms with Gasteiger partial charge in [-0.15, -0.1) is 0 Å². The van der Waals surface area contributed by atoms with Gasteiger partial charge in [0.2, 0.25) is 0 Å². The molecule has 0 fully saturated rings. The maximum atomic E-state index is 3.25. The number of rotatable bonds is 0. The van der Waals surface area contributed by atoms with Crippen LogP contribution in [0, 0.1) is 13.8 Å². The van der Waals surface area contributed by atoms with E-state index >= 15 is 0 Å². The first-order chi connectivity index (χ1) is 2.83. The summed E-state index contributed by atoms with van der Waals surface area (Å²) in [5, 5.41) is 0. The molecule has 0 aromatic heterocycles. The summed E-state index contributed by atoms with van der Waals surface area (Å²) in [6.45, 7) is 13.0. The van der Waals surface area contributed by atoms with E-state index in [2.05, 4.69) is 27.0 Å². The molecule has 0 unspecified atom stereocenters. The third kappa shape index (κ3) is 21300. The average Bonchev–Trinajstić information content (AvgIpc) is 1.39. The topological polar surface area (TPSA) is 0 Å². The third-order valence-electron chi connectivity index (χ3n) is 0. The monoisotopic (exact) mass is 130 g/mol. The molecule has 0 aliphatic rings. The van der Waals surface area contributed by atoms with Crippen LogP contribution in [0.4, 0.5) is 0 Å². The summed E-state index contributed by atoms with van der Waals surface area (Å²) in [6, 6.07) is 0. The zero-order valence-electron chi connectivity index (χ0n) is 4.48. The van der Waals surface area contributed by atoms with Gasteiger partial charge < -0.3 is 0 Å². The van der Waals surface area contributed by atoms with Crippen molar-refractivity contribution in [2.75, 3.05) is 0 Å². The van der Waals surface area contributed by atoms with Crippen molar-refractivity contribution in [1.82, 2.24) is 0 Å². The van der Waals surface area contributed by atoms with Crippen molar-refractivity contribution in [3.8, 4) is 0 Å². The van der Waals surface area contributed by atoms with Crippen LogP contribution in [0.3, 0.4) is 0 Å². The molecule has 0 atom stereocenters. The molecule has 0 saturated carbocycles. The standard InChI is InChI=1S/2C3H5.Ti/c2*1-3-2;/h2*3H,1-2H2;/q2*-1;+2. The van der Waals surface area contributed by atoms with Crippen molar-refractivity contribution in [1.29, 1.82) is 0 Å². The number of hydrogen-bond donors (Lipinski definition) is 0.